The molecule has 4 heteroatoms. The molecule has 0 aliphatic rings. The van der Waals surface area contributed by atoms with E-state index in [1.54, 1.807) is 13.3 Å². The Morgan fingerprint density at radius 3 is 2.79 bits per heavy atom. The van der Waals surface area contributed by atoms with Gasteiger partial charge in [0.05, 0.1) is 17.8 Å². The summed E-state index contributed by atoms with van der Waals surface area (Å²) < 4.78 is 5.19. The number of rotatable bonds is 5. The number of methoxy groups -OCH3 is 1. The first-order valence-corrected chi connectivity index (χ1v) is 6.54. The maximum absolute atomic E-state index is 6.02. The van der Waals surface area contributed by atoms with Crippen LogP contribution in [0, 0.1) is 0 Å². The Bertz CT molecular complexity index is 554. The lowest BCUT2D eigenvalue weighted by molar-refractivity contribution is 0.204. The standard InChI is InChI=1S/C15H21N3O/c1-11(2)18(9-10-19-3)14-7-6-13(16)12-5-4-8-17-15(12)14/h4-8,11H,9-10,16H2,1-3H3. The first kappa shape index (κ1) is 13.6. The second kappa shape index (κ2) is 5.89. The molecule has 1 aromatic heterocycles. The van der Waals surface area contributed by atoms with Gasteiger partial charge in [-0.15, -0.1) is 0 Å². The van der Waals surface area contributed by atoms with E-state index in [1.807, 2.05) is 24.3 Å². The number of aromatic nitrogens is 1. The van der Waals surface area contributed by atoms with Gasteiger partial charge in [-0.25, -0.2) is 0 Å². The van der Waals surface area contributed by atoms with Crippen molar-refractivity contribution in [2.45, 2.75) is 19.9 Å². The number of ether oxygens (including phenoxy) is 1. The van der Waals surface area contributed by atoms with E-state index in [0.29, 0.717) is 12.6 Å². The molecule has 2 aromatic rings. The Morgan fingerprint density at radius 2 is 2.11 bits per heavy atom. The zero-order chi connectivity index (χ0) is 13.8. The first-order chi connectivity index (χ1) is 9.15. The van der Waals surface area contributed by atoms with Crippen LogP contribution < -0.4 is 10.6 Å². The molecule has 0 fully saturated rings. The number of hydrogen-bond donors (Lipinski definition) is 1. The average molecular weight is 259 g/mol. The molecule has 0 saturated heterocycles. The second-order valence-corrected chi connectivity index (χ2v) is 4.85. The van der Waals surface area contributed by atoms with Gasteiger partial charge in [-0.3, -0.25) is 4.98 Å². The fourth-order valence-corrected chi connectivity index (χ4v) is 2.26. The zero-order valence-corrected chi connectivity index (χ0v) is 11.8. The Hall–Kier alpha value is -1.81. The van der Waals surface area contributed by atoms with E-state index in [-0.39, 0.29) is 0 Å². The lowest BCUT2D eigenvalue weighted by Crippen LogP contribution is -2.34. The van der Waals surface area contributed by atoms with Gasteiger partial charge in [0, 0.05) is 37.0 Å². The summed E-state index contributed by atoms with van der Waals surface area (Å²) in [5.41, 5.74) is 8.84. The minimum absolute atomic E-state index is 0.379. The molecule has 0 saturated carbocycles. The third-order valence-electron chi connectivity index (χ3n) is 3.25. The van der Waals surface area contributed by atoms with E-state index in [0.717, 1.165) is 28.8 Å². The van der Waals surface area contributed by atoms with Crippen LogP contribution >= 0.6 is 0 Å². The summed E-state index contributed by atoms with van der Waals surface area (Å²) in [6.45, 7) is 5.86. The molecule has 2 N–H and O–H groups in total. The minimum Gasteiger partial charge on any atom is -0.398 e. The molecule has 0 aliphatic heterocycles. The summed E-state index contributed by atoms with van der Waals surface area (Å²) in [5.74, 6) is 0. The second-order valence-electron chi connectivity index (χ2n) is 4.85. The van der Waals surface area contributed by atoms with Gasteiger partial charge in [0.25, 0.3) is 0 Å². The largest absolute Gasteiger partial charge is 0.398 e. The van der Waals surface area contributed by atoms with Crippen molar-refractivity contribution in [3.05, 3.63) is 30.5 Å². The molecular formula is C15H21N3O. The van der Waals surface area contributed by atoms with Crippen molar-refractivity contribution in [3.8, 4) is 0 Å². The molecule has 0 radical (unpaired) electrons. The van der Waals surface area contributed by atoms with Gasteiger partial charge in [0.15, 0.2) is 0 Å². The van der Waals surface area contributed by atoms with E-state index >= 15 is 0 Å². The van der Waals surface area contributed by atoms with Crippen molar-refractivity contribution in [1.82, 2.24) is 4.98 Å². The van der Waals surface area contributed by atoms with Crippen LogP contribution in [0.2, 0.25) is 0 Å². The van der Waals surface area contributed by atoms with Crippen molar-refractivity contribution >= 4 is 22.3 Å². The van der Waals surface area contributed by atoms with E-state index in [2.05, 4.69) is 23.7 Å². The van der Waals surface area contributed by atoms with E-state index < -0.39 is 0 Å². The van der Waals surface area contributed by atoms with Gasteiger partial charge in [-0.2, -0.15) is 0 Å². The Balaban J connectivity index is 2.50. The fraction of sp³-hybridized carbons (Fsp3) is 0.400. The number of nitrogen functional groups attached to an aromatic ring is 1. The van der Waals surface area contributed by atoms with Crippen molar-refractivity contribution in [2.24, 2.45) is 0 Å². The zero-order valence-electron chi connectivity index (χ0n) is 11.8. The number of hydrogen-bond acceptors (Lipinski definition) is 4. The van der Waals surface area contributed by atoms with Crippen LogP contribution in [0.5, 0.6) is 0 Å². The molecule has 0 amide bonds. The lowest BCUT2D eigenvalue weighted by Gasteiger charge is -2.29. The monoisotopic (exact) mass is 259 g/mol. The highest BCUT2D eigenvalue weighted by Gasteiger charge is 2.15. The molecule has 2 rings (SSSR count). The van der Waals surface area contributed by atoms with Crippen LogP contribution in [0.1, 0.15) is 13.8 Å². The highest BCUT2D eigenvalue weighted by molar-refractivity contribution is 5.98. The summed E-state index contributed by atoms with van der Waals surface area (Å²) in [6, 6.07) is 8.29. The molecule has 4 nitrogen and oxygen atoms in total. The van der Waals surface area contributed by atoms with Gasteiger partial charge >= 0.3 is 0 Å². The van der Waals surface area contributed by atoms with Crippen LogP contribution in [0.4, 0.5) is 11.4 Å². The van der Waals surface area contributed by atoms with Gasteiger partial charge in [-0.05, 0) is 38.1 Å². The smallest absolute Gasteiger partial charge is 0.0956 e. The molecule has 0 aliphatic carbocycles. The fourth-order valence-electron chi connectivity index (χ4n) is 2.26. The number of pyridine rings is 1. The van der Waals surface area contributed by atoms with Gasteiger partial charge in [0.2, 0.25) is 0 Å². The first-order valence-electron chi connectivity index (χ1n) is 6.54. The molecule has 1 heterocycles. The third-order valence-corrected chi connectivity index (χ3v) is 3.25. The lowest BCUT2D eigenvalue weighted by atomic mass is 10.1. The molecule has 0 atom stereocenters. The molecule has 0 unspecified atom stereocenters. The number of nitrogens with zero attached hydrogens (tertiary/aromatic N) is 2. The molecule has 19 heavy (non-hydrogen) atoms. The number of anilines is 2. The van der Waals surface area contributed by atoms with Crippen molar-refractivity contribution in [2.75, 3.05) is 30.9 Å². The summed E-state index contributed by atoms with van der Waals surface area (Å²) >= 11 is 0. The SMILES string of the molecule is COCCN(c1ccc(N)c2cccnc12)C(C)C. The topological polar surface area (TPSA) is 51.4 Å². The molecule has 0 spiro atoms. The summed E-state index contributed by atoms with van der Waals surface area (Å²) in [4.78, 5) is 6.78. The number of nitrogens with two attached hydrogens (primary N) is 1. The Labute approximate surface area is 114 Å². The highest BCUT2D eigenvalue weighted by Crippen LogP contribution is 2.30. The normalized spacial score (nSPS) is 11.2. The predicted octanol–water partition coefficient (Wildman–Crippen LogP) is 2.68. The Kier molecular flexibility index (Phi) is 4.22. The van der Waals surface area contributed by atoms with Gasteiger partial charge < -0.3 is 15.4 Å². The summed E-state index contributed by atoms with van der Waals surface area (Å²) in [7, 11) is 1.72. The minimum atomic E-state index is 0.379. The number of fused-ring (bicyclic) bond motifs is 1. The molecular weight excluding hydrogens is 238 g/mol. The van der Waals surface area contributed by atoms with Crippen molar-refractivity contribution in [3.63, 3.8) is 0 Å². The third kappa shape index (κ3) is 2.79. The Morgan fingerprint density at radius 1 is 1.32 bits per heavy atom. The van der Waals surface area contributed by atoms with Crippen molar-refractivity contribution < 1.29 is 4.74 Å². The summed E-state index contributed by atoms with van der Waals surface area (Å²) in [6.07, 6.45) is 1.81. The highest BCUT2D eigenvalue weighted by atomic mass is 16.5. The molecule has 102 valence electrons. The van der Waals surface area contributed by atoms with Crippen LogP contribution in [0.25, 0.3) is 10.9 Å². The van der Waals surface area contributed by atoms with E-state index in [4.69, 9.17) is 10.5 Å². The van der Waals surface area contributed by atoms with Crippen molar-refractivity contribution in [1.29, 1.82) is 0 Å². The predicted molar refractivity (Wildman–Crippen MR) is 80.5 cm³/mol. The van der Waals surface area contributed by atoms with Gasteiger partial charge in [-0.1, -0.05) is 0 Å². The maximum Gasteiger partial charge on any atom is 0.0956 e. The average Bonchev–Trinajstić information content (AvgIpc) is 2.41. The van der Waals surface area contributed by atoms with E-state index in [1.165, 1.54) is 0 Å². The van der Waals surface area contributed by atoms with Crippen LogP contribution in [-0.2, 0) is 4.74 Å². The van der Waals surface area contributed by atoms with Crippen LogP contribution in [0.3, 0.4) is 0 Å². The molecule has 1 aromatic carbocycles. The van der Waals surface area contributed by atoms with Crippen LogP contribution in [-0.4, -0.2) is 31.3 Å². The summed E-state index contributed by atoms with van der Waals surface area (Å²) in [5, 5.41) is 1.00. The molecule has 0 bridgehead atoms. The van der Waals surface area contributed by atoms with E-state index in [9.17, 15) is 0 Å². The quantitative estimate of drug-likeness (QED) is 0.839. The number of benzene rings is 1. The van der Waals surface area contributed by atoms with Crippen LogP contribution in [0.15, 0.2) is 30.5 Å². The maximum atomic E-state index is 6.02. The van der Waals surface area contributed by atoms with Gasteiger partial charge in [0.1, 0.15) is 0 Å².